The molecule has 0 spiro atoms. The van der Waals surface area contributed by atoms with Crippen LogP contribution in [0.25, 0.3) is 0 Å². The van der Waals surface area contributed by atoms with Crippen molar-refractivity contribution in [3.8, 4) is 0 Å². The number of carbonyl (C=O) groups is 1. The lowest BCUT2D eigenvalue weighted by Gasteiger charge is -2.22. The molecule has 3 rings (SSSR count). The molecule has 4 nitrogen and oxygen atoms in total. The van der Waals surface area contributed by atoms with E-state index < -0.39 is 0 Å². The van der Waals surface area contributed by atoms with Crippen LogP contribution < -0.4 is 5.32 Å². The van der Waals surface area contributed by atoms with Gasteiger partial charge in [0.25, 0.3) is 0 Å². The number of rotatable bonds is 6. The lowest BCUT2D eigenvalue weighted by Crippen LogP contribution is -2.33. The standard InChI is InChI=1S/C20H24N2O2/c1-15(17-9-5-3-6-10-17)21-13-19-14-22(20(23)24-19)16(2)18-11-7-4-8-12-18/h3-12,15-16,19,21H,13-14H2,1-2H3/t15-,16-,19-/m0/s1. The van der Waals surface area contributed by atoms with Crippen molar-refractivity contribution in [3.63, 3.8) is 0 Å². The van der Waals surface area contributed by atoms with E-state index in [1.807, 2.05) is 55.5 Å². The Kier molecular flexibility index (Phi) is 5.16. The summed E-state index contributed by atoms with van der Waals surface area (Å²) in [6.07, 6.45) is -0.347. The van der Waals surface area contributed by atoms with E-state index in [0.717, 1.165) is 5.56 Å². The fourth-order valence-electron chi connectivity index (χ4n) is 3.04. The van der Waals surface area contributed by atoms with E-state index in [0.29, 0.717) is 13.1 Å². The van der Waals surface area contributed by atoms with Crippen LogP contribution in [0.15, 0.2) is 60.7 Å². The lowest BCUT2D eigenvalue weighted by atomic mass is 10.1. The van der Waals surface area contributed by atoms with E-state index in [1.54, 1.807) is 4.90 Å². The predicted molar refractivity (Wildman–Crippen MR) is 94.7 cm³/mol. The number of nitrogens with zero attached hydrogens (tertiary/aromatic N) is 1. The van der Waals surface area contributed by atoms with Gasteiger partial charge in [-0.2, -0.15) is 0 Å². The number of benzene rings is 2. The fraction of sp³-hybridized carbons (Fsp3) is 0.350. The summed E-state index contributed by atoms with van der Waals surface area (Å²) < 4.78 is 5.53. The monoisotopic (exact) mass is 324 g/mol. The highest BCUT2D eigenvalue weighted by molar-refractivity contribution is 5.70. The van der Waals surface area contributed by atoms with Crippen molar-refractivity contribution in [3.05, 3.63) is 71.8 Å². The summed E-state index contributed by atoms with van der Waals surface area (Å²) in [5.41, 5.74) is 2.36. The van der Waals surface area contributed by atoms with E-state index in [2.05, 4.69) is 24.4 Å². The molecule has 1 aliphatic rings. The van der Waals surface area contributed by atoms with Gasteiger partial charge in [-0.25, -0.2) is 4.79 Å². The Morgan fingerprint density at radius 1 is 1.04 bits per heavy atom. The lowest BCUT2D eigenvalue weighted by molar-refractivity contribution is 0.127. The van der Waals surface area contributed by atoms with Gasteiger partial charge in [0.2, 0.25) is 0 Å². The molecule has 3 atom stereocenters. The summed E-state index contributed by atoms with van der Waals surface area (Å²) in [5, 5.41) is 3.46. The number of hydrogen-bond acceptors (Lipinski definition) is 3. The minimum atomic E-state index is -0.231. The van der Waals surface area contributed by atoms with Crippen molar-refractivity contribution in [1.29, 1.82) is 0 Å². The van der Waals surface area contributed by atoms with Gasteiger partial charge in [-0.3, -0.25) is 4.90 Å². The van der Waals surface area contributed by atoms with Gasteiger partial charge in [-0.15, -0.1) is 0 Å². The number of hydrogen-bond donors (Lipinski definition) is 1. The Morgan fingerprint density at radius 2 is 1.62 bits per heavy atom. The molecule has 1 fully saturated rings. The van der Waals surface area contributed by atoms with E-state index in [9.17, 15) is 4.79 Å². The molecule has 1 aliphatic heterocycles. The van der Waals surface area contributed by atoms with E-state index in [4.69, 9.17) is 4.74 Å². The Bertz CT molecular complexity index is 660. The average molecular weight is 324 g/mol. The second kappa shape index (κ2) is 7.49. The zero-order valence-corrected chi connectivity index (χ0v) is 14.2. The van der Waals surface area contributed by atoms with Gasteiger partial charge < -0.3 is 10.1 Å². The van der Waals surface area contributed by atoms with E-state index in [1.165, 1.54) is 5.56 Å². The summed E-state index contributed by atoms with van der Waals surface area (Å²) >= 11 is 0. The van der Waals surface area contributed by atoms with Crippen molar-refractivity contribution < 1.29 is 9.53 Å². The Balaban J connectivity index is 1.55. The number of nitrogens with one attached hydrogen (secondary N) is 1. The van der Waals surface area contributed by atoms with Crippen LogP contribution in [0.2, 0.25) is 0 Å². The van der Waals surface area contributed by atoms with Gasteiger partial charge in [0.15, 0.2) is 0 Å². The molecule has 126 valence electrons. The maximum absolute atomic E-state index is 12.2. The maximum Gasteiger partial charge on any atom is 0.410 e. The first-order valence-electron chi connectivity index (χ1n) is 8.45. The summed E-state index contributed by atoms with van der Waals surface area (Å²) in [5.74, 6) is 0. The highest BCUT2D eigenvalue weighted by Gasteiger charge is 2.34. The molecule has 1 amide bonds. The van der Waals surface area contributed by atoms with Crippen LogP contribution in [0.5, 0.6) is 0 Å². The zero-order valence-electron chi connectivity index (χ0n) is 14.2. The molecule has 2 aromatic carbocycles. The largest absolute Gasteiger partial charge is 0.443 e. The number of carbonyl (C=O) groups excluding carboxylic acids is 1. The van der Waals surface area contributed by atoms with Crippen molar-refractivity contribution in [2.45, 2.75) is 32.0 Å². The Hall–Kier alpha value is -2.33. The number of cyclic esters (lactones) is 1. The van der Waals surface area contributed by atoms with Gasteiger partial charge in [-0.1, -0.05) is 60.7 Å². The first kappa shape index (κ1) is 16.5. The van der Waals surface area contributed by atoms with Crippen LogP contribution in [0, 0.1) is 0 Å². The molecule has 0 aromatic heterocycles. The number of amides is 1. The molecule has 0 unspecified atom stereocenters. The van der Waals surface area contributed by atoms with Crippen LogP contribution >= 0.6 is 0 Å². The quantitative estimate of drug-likeness (QED) is 0.875. The molecule has 24 heavy (non-hydrogen) atoms. The molecule has 1 N–H and O–H groups in total. The van der Waals surface area contributed by atoms with Crippen molar-refractivity contribution in [2.24, 2.45) is 0 Å². The van der Waals surface area contributed by atoms with Crippen molar-refractivity contribution >= 4 is 6.09 Å². The summed E-state index contributed by atoms with van der Waals surface area (Å²) in [4.78, 5) is 14.0. The highest BCUT2D eigenvalue weighted by Crippen LogP contribution is 2.25. The van der Waals surface area contributed by atoms with Gasteiger partial charge in [0.05, 0.1) is 12.6 Å². The Labute approximate surface area is 143 Å². The molecule has 0 saturated carbocycles. The second-order valence-corrected chi connectivity index (χ2v) is 6.29. The van der Waals surface area contributed by atoms with Gasteiger partial charge in [-0.05, 0) is 25.0 Å². The van der Waals surface area contributed by atoms with Crippen LogP contribution in [-0.2, 0) is 4.74 Å². The first-order chi connectivity index (χ1) is 11.6. The average Bonchev–Trinajstić information content (AvgIpc) is 3.01. The highest BCUT2D eigenvalue weighted by atomic mass is 16.6. The Morgan fingerprint density at radius 3 is 2.25 bits per heavy atom. The van der Waals surface area contributed by atoms with E-state index in [-0.39, 0.29) is 24.3 Å². The third-order valence-electron chi connectivity index (χ3n) is 4.60. The topological polar surface area (TPSA) is 41.6 Å². The fourth-order valence-corrected chi connectivity index (χ4v) is 3.04. The SMILES string of the molecule is C[C@H](NC[C@H]1CN([C@@H](C)c2ccccc2)C(=O)O1)c1ccccc1. The first-order valence-corrected chi connectivity index (χ1v) is 8.45. The summed E-state index contributed by atoms with van der Waals surface area (Å²) in [6.45, 7) is 5.43. The van der Waals surface area contributed by atoms with Gasteiger partial charge in [0, 0.05) is 12.6 Å². The van der Waals surface area contributed by atoms with Crippen LogP contribution in [0.3, 0.4) is 0 Å². The molecular formula is C20H24N2O2. The molecule has 2 aromatic rings. The molecule has 1 heterocycles. The second-order valence-electron chi connectivity index (χ2n) is 6.29. The molecule has 0 bridgehead atoms. The van der Waals surface area contributed by atoms with Gasteiger partial charge in [0.1, 0.15) is 6.10 Å². The molecule has 0 aliphatic carbocycles. The minimum absolute atomic E-state index is 0.0234. The molecule has 0 radical (unpaired) electrons. The molecule has 1 saturated heterocycles. The smallest absolute Gasteiger partial charge is 0.410 e. The predicted octanol–water partition coefficient (Wildman–Crippen LogP) is 3.92. The van der Waals surface area contributed by atoms with Crippen molar-refractivity contribution in [2.75, 3.05) is 13.1 Å². The summed E-state index contributed by atoms with van der Waals surface area (Å²) in [6, 6.07) is 20.6. The normalized spacial score (nSPS) is 19.8. The maximum atomic E-state index is 12.2. The van der Waals surface area contributed by atoms with Crippen LogP contribution in [-0.4, -0.2) is 30.2 Å². The number of ether oxygens (including phenoxy) is 1. The van der Waals surface area contributed by atoms with Crippen LogP contribution in [0.1, 0.15) is 37.1 Å². The van der Waals surface area contributed by atoms with Crippen molar-refractivity contribution in [1.82, 2.24) is 10.2 Å². The van der Waals surface area contributed by atoms with Crippen LogP contribution in [0.4, 0.5) is 4.79 Å². The minimum Gasteiger partial charge on any atom is -0.443 e. The zero-order chi connectivity index (χ0) is 16.9. The molecular weight excluding hydrogens is 300 g/mol. The van der Waals surface area contributed by atoms with E-state index >= 15 is 0 Å². The summed E-state index contributed by atoms with van der Waals surface area (Å²) in [7, 11) is 0. The third-order valence-corrected chi connectivity index (χ3v) is 4.60. The van der Waals surface area contributed by atoms with Gasteiger partial charge >= 0.3 is 6.09 Å². The third kappa shape index (κ3) is 3.77. The molecule has 4 heteroatoms.